The zero-order valence-electron chi connectivity index (χ0n) is 12.9. The van der Waals surface area contributed by atoms with Crippen LogP contribution in [0.15, 0.2) is 66.0 Å². The highest BCUT2D eigenvalue weighted by molar-refractivity contribution is 5.81. The van der Waals surface area contributed by atoms with Crippen molar-refractivity contribution in [2.75, 3.05) is 11.6 Å². The van der Waals surface area contributed by atoms with Crippen LogP contribution in [-0.2, 0) is 6.54 Å². The molecule has 5 nitrogen and oxygen atoms in total. The number of hydrogen-bond acceptors (Lipinski definition) is 4. The number of halogens is 1. The summed E-state index contributed by atoms with van der Waals surface area (Å²) < 4.78 is 13.3. The summed E-state index contributed by atoms with van der Waals surface area (Å²) in [6, 6.07) is 14.8. The number of aromatic nitrogens is 2. The van der Waals surface area contributed by atoms with E-state index >= 15 is 0 Å². The van der Waals surface area contributed by atoms with Gasteiger partial charge in [0.1, 0.15) is 18.8 Å². The minimum Gasteiger partial charge on any atom is -0.311 e. The van der Waals surface area contributed by atoms with E-state index in [4.69, 9.17) is 0 Å². The first-order valence-corrected chi connectivity index (χ1v) is 7.67. The molecule has 2 aromatic carbocycles. The Hall–Kier alpha value is -3.15. The average Bonchev–Trinajstić information content (AvgIpc) is 3.27. The van der Waals surface area contributed by atoms with Gasteiger partial charge in [-0.1, -0.05) is 24.3 Å². The number of hydrogen-bond donors (Lipinski definition) is 1. The highest BCUT2D eigenvalue weighted by Crippen LogP contribution is 2.23. The molecule has 0 amide bonds. The molecule has 0 saturated carbocycles. The third-order valence-corrected chi connectivity index (χ3v) is 3.95. The molecule has 4 rings (SSSR count). The van der Waals surface area contributed by atoms with Crippen LogP contribution in [0.4, 0.5) is 10.1 Å². The van der Waals surface area contributed by atoms with E-state index in [9.17, 15) is 4.39 Å². The molecule has 0 fully saturated rings. The van der Waals surface area contributed by atoms with Gasteiger partial charge in [0.05, 0.1) is 12.7 Å². The molecular weight excluding hydrogens is 305 g/mol. The first kappa shape index (κ1) is 14.4. The van der Waals surface area contributed by atoms with Gasteiger partial charge in [-0.15, -0.1) is 0 Å². The zero-order valence-corrected chi connectivity index (χ0v) is 12.9. The quantitative estimate of drug-likeness (QED) is 0.801. The largest absolute Gasteiger partial charge is 0.311 e. The number of nitrogens with one attached hydrogen (secondary N) is 1. The van der Waals surface area contributed by atoms with Gasteiger partial charge >= 0.3 is 0 Å². The number of anilines is 1. The molecule has 120 valence electrons. The van der Waals surface area contributed by atoms with Crippen molar-refractivity contribution in [3.05, 3.63) is 72.3 Å². The normalized spacial score (nSPS) is 13.7. The summed E-state index contributed by atoms with van der Waals surface area (Å²) in [6.45, 7) is 1.22. The van der Waals surface area contributed by atoms with Gasteiger partial charge in [-0.05, 0) is 35.4 Å². The summed E-state index contributed by atoms with van der Waals surface area (Å²) in [6.07, 6.45) is 5.46. The molecule has 0 aliphatic carbocycles. The molecule has 1 aromatic heterocycles. The summed E-state index contributed by atoms with van der Waals surface area (Å²) >= 11 is 0. The predicted octanol–water partition coefficient (Wildman–Crippen LogP) is 3.44. The fourth-order valence-corrected chi connectivity index (χ4v) is 2.72. The van der Waals surface area contributed by atoms with Crippen LogP contribution in [0, 0.1) is 5.82 Å². The number of hydrazone groups is 1. The number of benzene rings is 2. The summed E-state index contributed by atoms with van der Waals surface area (Å²) in [5.41, 5.74) is 4.14. The summed E-state index contributed by atoms with van der Waals surface area (Å²) in [5.74, 6) is -0.220. The van der Waals surface area contributed by atoms with Crippen molar-refractivity contribution in [1.82, 2.24) is 15.2 Å². The molecule has 2 heterocycles. The van der Waals surface area contributed by atoms with E-state index in [0.29, 0.717) is 13.2 Å². The lowest BCUT2D eigenvalue weighted by atomic mass is 10.1. The van der Waals surface area contributed by atoms with Gasteiger partial charge in [-0.2, -0.15) is 10.2 Å². The maximum Gasteiger partial charge on any atom is 0.123 e. The highest BCUT2D eigenvalue weighted by Gasteiger charge is 2.16. The predicted molar refractivity (Wildman–Crippen MR) is 91.8 cm³/mol. The van der Waals surface area contributed by atoms with E-state index in [1.165, 1.54) is 12.1 Å². The Morgan fingerprint density at radius 2 is 1.96 bits per heavy atom. The fourth-order valence-electron chi connectivity index (χ4n) is 2.72. The Kier molecular flexibility index (Phi) is 3.70. The van der Waals surface area contributed by atoms with Crippen molar-refractivity contribution in [1.29, 1.82) is 0 Å². The summed E-state index contributed by atoms with van der Waals surface area (Å²) in [4.78, 5) is 2.05. The van der Waals surface area contributed by atoms with Crippen LogP contribution in [0.1, 0.15) is 5.56 Å². The van der Waals surface area contributed by atoms with Gasteiger partial charge in [0.15, 0.2) is 0 Å². The van der Waals surface area contributed by atoms with E-state index in [1.807, 2.05) is 17.3 Å². The van der Waals surface area contributed by atoms with E-state index in [2.05, 4.69) is 44.5 Å². The molecule has 1 N–H and O–H groups in total. The highest BCUT2D eigenvalue weighted by atomic mass is 19.1. The Morgan fingerprint density at radius 3 is 2.71 bits per heavy atom. The molecule has 6 heteroatoms. The molecule has 3 aromatic rings. The fraction of sp³-hybridized carbons (Fsp3) is 0.111. The lowest BCUT2D eigenvalue weighted by molar-refractivity contribution is 0.310. The average molecular weight is 321 g/mol. The van der Waals surface area contributed by atoms with Crippen LogP contribution in [-0.4, -0.2) is 28.2 Å². The summed E-state index contributed by atoms with van der Waals surface area (Å²) in [7, 11) is 0. The number of rotatable bonds is 4. The van der Waals surface area contributed by atoms with Crippen LogP contribution in [0.5, 0.6) is 0 Å². The van der Waals surface area contributed by atoms with E-state index in [0.717, 1.165) is 22.4 Å². The van der Waals surface area contributed by atoms with Crippen LogP contribution in [0.2, 0.25) is 0 Å². The second-order valence-corrected chi connectivity index (χ2v) is 5.67. The van der Waals surface area contributed by atoms with Crippen molar-refractivity contribution in [3.63, 3.8) is 0 Å². The number of aromatic amines is 1. The van der Waals surface area contributed by atoms with Crippen molar-refractivity contribution in [2.45, 2.75) is 6.54 Å². The first-order chi connectivity index (χ1) is 11.8. The minimum absolute atomic E-state index is 0.220. The van der Waals surface area contributed by atoms with E-state index < -0.39 is 0 Å². The Labute approximate surface area is 139 Å². The number of nitrogens with zero attached hydrogens (tertiary/aromatic N) is 4. The molecule has 1 aliphatic heterocycles. The second-order valence-electron chi connectivity index (χ2n) is 5.67. The van der Waals surface area contributed by atoms with Crippen LogP contribution < -0.4 is 4.90 Å². The lowest BCUT2D eigenvalue weighted by Gasteiger charge is -2.19. The van der Waals surface area contributed by atoms with Crippen LogP contribution >= 0.6 is 0 Å². The standard InChI is InChI=1S/C18H16FN5/c19-17-3-1-2-14(8-17)11-24-13-23(12-22-24)18-6-4-15(5-7-18)16-9-20-21-10-16/h1-10,12H,11,13H2,(H,20,21). The smallest absolute Gasteiger partial charge is 0.123 e. The van der Waals surface area contributed by atoms with Gasteiger partial charge in [0.2, 0.25) is 0 Å². The maximum atomic E-state index is 13.3. The third-order valence-electron chi connectivity index (χ3n) is 3.95. The van der Waals surface area contributed by atoms with E-state index in [1.54, 1.807) is 18.6 Å². The van der Waals surface area contributed by atoms with Gasteiger partial charge in [0, 0.05) is 17.4 Å². The third kappa shape index (κ3) is 2.99. The Morgan fingerprint density at radius 1 is 1.08 bits per heavy atom. The lowest BCUT2D eigenvalue weighted by Crippen LogP contribution is -2.26. The zero-order chi connectivity index (χ0) is 16.4. The maximum absolute atomic E-state index is 13.3. The van der Waals surface area contributed by atoms with Crippen molar-refractivity contribution < 1.29 is 4.39 Å². The molecular formula is C18H16FN5. The number of H-pyrrole nitrogens is 1. The first-order valence-electron chi connectivity index (χ1n) is 7.67. The van der Waals surface area contributed by atoms with Gasteiger partial charge in [-0.25, -0.2) is 4.39 Å². The molecule has 0 bridgehead atoms. The van der Waals surface area contributed by atoms with Gasteiger partial charge in [0.25, 0.3) is 0 Å². The molecule has 24 heavy (non-hydrogen) atoms. The topological polar surface area (TPSA) is 47.5 Å². The van der Waals surface area contributed by atoms with Crippen LogP contribution in [0.3, 0.4) is 0 Å². The van der Waals surface area contributed by atoms with Gasteiger partial charge < -0.3 is 4.90 Å². The van der Waals surface area contributed by atoms with Crippen LogP contribution in [0.25, 0.3) is 11.1 Å². The molecule has 0 spiro atoms. The summed E-state index contributed by atoms with van der Waals surface area (Å²) in [5, 5.41) is 13.1. The monoisotopic (exact) mass is 321 g/mol. The molecule has 0 unspecified atom stereocenters. The Balaban J connectivity index is 1.42. The molecule has 0 radical (unpaired) electrons. The van der Waals surface area contributed by atoms with E-state index in [-0.39, 0.29) is 5.82 Å². The SMILES string of the molecule is Fc1cccc(CN2CN(c3ccc(-c4cn[nH]c4)cc3)C=N2)c1. The van der Waals surface area contributed by atoms with Crippen molar-refractivity contribution in [2.24, 2.45) is 5.10 Å². The second kappa shape index (κ2) is 6.16. The Bertz CT molecular complexity index is 842. The molecule has 1 aliphatic rings. The minimum atomic E-state index is -0.220. The van der Waals surface area contributed by atoms with Crippen molar-refractivity contribution in [3.8, 4) is 11.1 Å². The van der Waals surface area contributed by atoms with Crippen molar-refractivity contribution >= 4 is 12.0 Å². The molecule has 0 saturated heterocycles. The van der Waals surface area contributed by atoms with Gasteiger partial charge in [-0.3, -0.25) is 10.1 Å². The molecule has 0 atom stereocenters.